The number of ether oxygens (including phenoxy) is 1. The van der Waals surface area contributed by atoms with Crippen molar-refractivity contribution < 1.29 is 9.53 Å². The van der Waals surface area contributed by atoms with Gasteiger partial charge in [0.15, 0.2) is 11.1 Å². The molecular weight excluding hydrogens is 475 g/mol. The second-order valence-corrected chi connectivity index (χ2v) is 17.8. The molecule has 0 aliphatic heterocycles. The highest BCUT2D eigenvalue weighted by molar-refractivity contribution is 7.64. The van der Waals surface area contributed by atoms with Crippen molar-refractivity contribution in [3.05, 3.63) is 0 Å². The number of rotatable bonds is 17. The quantitative estimate of drug-likeness (QED) is 0.0665. The molecule has 0 heterocycles. The minimum absolute atomic E-state index is 0.0941. The van der Waals surface area contributed by atoms with Gasteiger partial charge in [-0.05, 0) is 39.7 Å². The summed E-state index contributed by atoms with van der Waals surface area (Å²) in [7, 11) is 0. The fourth-order valence-electron chi connectivity index (χ4n) is 2.65. The third kappa shape index (κ3) is 18.4. The van der Waals surface area contributed by atoms with Crippen molar-refractivity contribution in [3.63, 3.8) is 0 Å². The zero-order valence-corrected chi connectivity index (χ0v) is 22.2. The molecule has 0 aromatic heterocycles. The summed E-state index contributed by atoms with van der Waals surface area (Å²) < 4.78 is 5.25. The molecule has 0 N–H and O–H groups in total. The molecule has 0 amide bonds. The number of carbonyl (C=O) groups excluding carboxylic acids is 1. The van der Waals surface area contributed by atoms with Crippen molar-refractivity contribution in [2.24, 2.45) is 10.2 Å². The van der Waals surface area contributed by atoms with Gasteiger partial charge in [-0.3, -0.25) is 4.79 Å². The van der Waals surface area contributed by atoms with Gasteiger partial charge in [0.05, 0.1) is 18.7 Å². The average Bonchev–Trinajstić information content (AvgIpc) is 2.71. The van der Waals surface area contributed by atoms with Crippen LogP contribution in [0.3, 0.4) is 0 Å². The highest BCUT2D eigenvalue weighted by atomic mass is 35.8. The second kappa shape index (κ2) is 15.9. The Hall–Kier alpha value is -0.863. The monoisotopic (exact) mass is 508 g/mol. The van der Waals surface area contributed by atoms with E-state index in [0.717, 1.165) is 38.1 Å². The van der Waals surface area contributed by atoms with E-state index in [1.165, 1.54) is 25.7 Å². The van der Waals surface area contributed by atoms with Crippen LogP contribution in [0, 0.1) is 22.7 Å². The Bertz CT molecular complexity index is 642. The summed E-state index contributed by atoms with van der Waals surface area (Å²) in [6.45, 7) is 5.21. The summed E-state index contributed by atoms with van der Waals surface area (Å²) in [6, 6.07) is 2.36. The minimum Gasteiger partial charge on any atom is -0.466 e. The molecule has 0 saturated carbocycles. The van der Waals surface area contributed by atoms with Gasteiger partial charge in [-0.2, -0.15) is 20.8 Å². The first-order valence-corrected chi connectivity index (χ1v) is 16.2. The zero-order chi connectivity index (χ0) is 23.8. The number of halogens is 3. The van der Waals surface area contributed by atoms with Crippen LogP contribution >= 0.6 is 33.2 Å². The van der Waals surface area contributed by atoms with Gasteiger partial charge in [0, 0.05) is 6.42 Å². The topological polar surface area (TPSA) is 98.6 Å². The lowest BCUT2D eigenvalue weighted by atomic mass is 9.99. The third-order valence-electron chi connectivity index (χ3n) is 4.72. The van der Waals surface area contributed by atoms with Gasteiger partial charge >= 0.3 is 12.0 Å². The van der Waals surface area contributed by atoms with Crippen LogP contribution in [0.15, 0.2) is 10.2 Å². The van der Waals surface area contributed by atoms with E-state index in [1.54, 1.807) is 20.8 Å². The number of nitrogens with zero attached hydrogens (tertiary/aromatic N) is 4. The third-order valence-corrected chi connectivity index (χ3v) is 7.34. The van der Waals surface area contributed by atoms with Gasteiger partial charge in [0.2, 0.25) is 0 Å². The molecule has 0 radical (unpaired) electrons. The van der Waals surface area contributed by atoms with Crippen LogP contribution in [0.1, 0.15) is 91.4 Å². The Morgan fingerprint density at radius 1 is 0.871 bits per heavy atom. The van der Waals surface area contributed by atoms with Crippen molar-refractivity contribution in [1.29, 1.82) is 10.5 Å². The Morgan fingerprint density at radius 2 is 1.39 bits per heavy atom. The van der Waals surface area contributed by atoms with E-state index < -0.39 is 17.1 Å². The lowest BCUT2D eigenvalue weighted by Gasteiger charge is -2.16. The lowest BCUT2D eigenvalue weighted by molar-refractivity contribution is -0.144. The van der Waals surface area contributed by atoms with Gasteiger partial charge < -0.3 is 4.74 Å². The first kappa shape index (κ1) is 30.1. The van der Waals surface area contributed by atoms with Gasteiger partial charge in [-0.15, -0.1) is 33.2 Å². The second-order valence-electron chi connectivity index (χ2n) is 8.52. The van der Waals surface area contributed by atoms with Crippen LogP contribution in [0.4, 0.5) is 0 Å². The van der Waals surface area contributed by atoms with Crippen molar-refractivity contribution >= 4 is 45.2 Å². The molecule has 0 saturated heterocycles. The average molecular weight is 510 g/mol. The molecule has 0 aliphatic carbocycles. The maximum Gasteiger partial charge on any atom is 0.341 e. The van der Waals surface area contributed by atoms with Crippen LogP contribution in [0.25, 0.3) is 0 Å². The number of hydrogen-bond acceptors (Lipinski definition) is 6. The fourth-order valence-corrected chi connectivity index (χ4v) is 4.51. The van der Waals surface area contributed by atoms with Crippen molar-refractivity contribution in [2.45, 2.75) is 109 Å². The fraction of sp³-hybridized carbons (Fsp3) is 0.857. The first-order chi connectivity index (χ1) is 14.4. The maximum absolute atomic E-state index is 11.9. The number of hydrogen-bond donors (Lipinski definition) is 0. The summed E-state index contributed by atoms with van der Waals surface area (Å²) in [5.41, 5.74) is -2.14. The normalized spacial score (nSPS) is 14.1. The first-order valence-electron chi connectivity index (χ1n) is 10.9. The standard InChI is InChI=1S/C21H35Cl3N4O2Si/c1-20(2,17-25)27-28-21(3,18-26)14-13-19(29)30-15-11-9-7-5-4-6-8-10-12-16-31(22,23)24/h4-16H2,1-3H3. The maximum atomic E-state index is 11.9. The summed E-state index contributed by atoms with van der Waals surface area (Å²) in [5, 5.41) is 26.2. The Balaban J connectivity index is 3.76. The molecule has 31 heavy (non-hydrogen) atoms. The molecule has 0 aromatic rings. The van der Waals surface area contributed by atoms with Crippen LogP contribution < -0.4 is 0 Å². The molecule has 6 nitrogen and oxygen atoms in total. The van der Waals surface area contributed by atoms with E-state index in [0.29, 0.717) is 6.61 Å². The highest BCUT2D eigenvalue weighted by Crippen LogP contribution is 2.27. The van der Waals surface area contributed by atoms with E-state index in [9.17, 15) is 10.1 Å². The SMILES string of the molecule is CC(C)(C#N)N=NC(C)(C#N)CCC(=O)OCCCCCCCCCCC[Si](Cl)(Cl)Cl. The largest absolute Gasteiger partial charge is 0.466 e. The van der Waals surface area contributed by atoms with Crippen LogP contribution in [0.5, 0.6) is 0 Å². The molecule has 0 aromatic carbocycles. The molecule has 176 valence electrons. The van der Waals surface area contributed by atoms with E-state index in [4.69, 9.17) is 43.2 Å². The van der Waals surface area contributed by atoms with Gasteiger partial charge in [-0.1, -0.05) is 51.4 Å². The van der Waals surface area contributed by atoms with E-state index in [1.807, 2.05) is 6.07 Å². The lowest BCUT2D eigenvalue weighted by Crippen LogP contribution is -2.23. The Morgan fingerprint density at radius 3 is 1.87 bits per heavy atom. The number of esters is 1. The van der Waals surface area contributed by atoms with E-state index in [-0.39, 0.29) is 18.8 Å². The Labute approximate surface area is 202 Å². The number of nitriles is 2. The summed E-state index contributed by atoms with van der Waals surface area (Å²) in [6.07, 6.45) is 10.2. The van der Waals surface area contributed by atoms with E-state index in [2.05, 4.69) is 16.3 Å². The van der Waals surface area contributed by atoms with E-state index >= 15 is 0 Å². The van der Waals surface area contributed by atoms with Crippen LogP contribution in [-0.2, 0) is 9.53 Å². The zero-order valence-electron chi connectivity index (χ0n) is 18.9. The molecular formula is C21H35Cl3N4O2Si. The predicted molar refractivity (Wildman–Crippen MR) is 128 cm³/mol. The molecule has 10 heteroatoms. The summed E-state index contributed by atoms with van der Waals surface area (Å²) in [5.74, 6) is -0.339. The molecule has 0 fully saturated rings. The molecule has 0 spiro atoms. The Kier molecular flexibility index (Phi) is 15.4. The number of unbranched alkanes of at least 4 members (excludes halogenated alkanes) is 8. The predicted octanol–water partition coefficient (Wildman–Crippen LogP) is 7.51. The van der Waals surface area contributed by atoms with Crippen molar-refractivity contribution in [1.82, 2.24) is 0 Å². The number of carbonyl (C=O) groups is 1. The van der Waals surface area contributed by atoms with Gasteiger partial charge in [0.25, 0.3) is 0 Å². The smallest absolute Gasteiger partial charge is 0.341 e. The minimum atomic E-state index is -2.44. The van der Waals surface area contributed by atoms with Gasteiger partial charge in [0.1, 0.15) is 0 Å². The molecule has 0 rings (SSSR count). The van der Waals surface area contributed by atoms with Crippen molar-refractivity contribution in [3.8, 4) is 12.1 Å². The van der Waals surface area contributed by atoms with Crippen LogP contribution in [-0.4, -0.2) is 29.7 Å². The molecule has 1 unspecified atom stereocenters. The summed E-state index contributed by atoms with van der Waals surface area (Å²) >= 11 is 17.6. The molecule has 0 aliphatic rings. The molecule has 0 bridgehead atoms. The number of azo groups is 1. The highest BCUT2D eigenvalue weighted by Gasteiger charge is 2.27. The summed E-state index contributed by atoms with van der Waals surface area (Å²) in [4.78, 5) is 11.9. The molecule has 1 atom stereocenters. The van der Waals surface area contributed by atoms with Gasteiger partial charge in [-0.25, -0.2) is 0 Å². The van der Waals surface area contributed by atoms with Crippen molar-refractivity contribution in [2.75, 3.05) is 6.61 Å². The van der Waals surface area contributed by atoms with Crippen LogP contribution in [0.2, 0.25) is 6.04 Å².